The molecule has 33 heavy (non-hydrogen) atoms. The molecule has 3 heterocycles. The SMILES string of the molecule is NC(=O)c1nn(-c2ccc(F)c(F)c2)c2c1CCN(c1ccc(N3CCCC3=O)cc1)C2=O. The van der Waals surface area contributed by atoms with Gasteiger partial charge < -0.3 is 15.5 Å². The van der Waals surface area contributed by atoms with Crippen LogP contribution in [0.1, 0.15) is 39.4 Å². The lowest BCUT2D eigenvalue weighted by Gasteiger charge is -2.28. The Hall–Kier alpha value is -4.08. The molecule has 0 radical (unpaired) electrons. The van der Waals surface area contributed by atoms with Gasteiger partial charge in [-0.25, -0.2) is 13.5 Å². The topological polar surface area (TPSA) is 102 Å². The number of halogens is 2. The summed E-state index contributed by atoms with van der Waals surface area (Å²) in [6.45, 7) is 0.936. The van der Waals surface area contributed by atoms with E-state index >= 15 is 0 Å². The third-order valence-electron chi connectivity index (χ3n) is 5.94. The van der Waals surface area contributed by atoms with Crippen LogP contribution < -0.4 is 15.5 Å². The second kappa shape index (κ2) is 7.80. The molecular weight excluding hydrogens is 432 g/mol. The number of amides is 3. The van der Waals surface area contributed by atoms with Crippen molar-refractivity contribution < 1.29 is 23.2 Å². The maximum absolute atomic E-state index is 13.9. The summed E-state index contributed by atoms with van der Waals surface area (Å²) < 4.78 is 28.4. The quantitative estimate of drug-likeness (QED) is 0.659. The number of rotatable bonds is 4. The lowest BCUT2D eigenvalue weighted by atomic mass is 10.0. The summed E-state index contributed by atoms with van der Waals surface area (Å²) in [6.07, 6.45) is 1.63. The van der Waals surface area contributed by atoms with Crippen LogP contribution >= 0.6 is 0 Å². The number of primary amides is 1. The summed E-state index contributed by atoms with van der Waals surface area (Å²) in [5, 5.41) is 4.15. The van der Waals surface area contributed by atoms with Crippen molar-refractivity contribution in [3.8, 4) is 5.69 Å². The average molecular weight is 451 g/mol. The van der Waals surface area contributed by atoms with E-state index in [1.54, 1.807) is 29.2 Å². The molecule has 1 fully saturated rings. The van der Waals surface area contributed by atoms with Gasteiger partial charge in [0.2, 0.25) is 5.91 Å². The molecule has 0 aliphatic carbocycles. The highest BCUT2D eigenvalue weighted by Crippen LogP contribution is 2.31. The number of hydrogen-bond acceptors (Lipinski definition) is 4. The molecule has 3 aromatic rings. The average Bonchev–Trinajstić information content (AvgIpc) is 3.40. The number of nitrogens with two attached hydrogens (primary N) is 1. The molecule has 0 saturated carbocycles. The molecule has 1 saturated heterocycles. The number of aromatic nitrogens is 2. The standard InChI is InChI=1S/C23H19F2N5O3/c24-17-8-7-15(12-18(17)25)30-21-16(20(27-30)22(26)32)9-11-29(23(21)33)14-5-3-13(4-6-14)28-10-1-2-19(28)31/h3-8,12H,1-2,9-11H2,(H2,26,32). The van der Waals surface area contributed by atoms with Crippen molar-refractivity contribution in [2.45, 2.75) is 19.3 Å². The van der Waals surface area contributed by atoms with Crippen molar-refractivity contribution >= 4 is 29.1 Å². The zero-order chi connectivity index (χ0) is 23.3. The van der Waals surface area contributed by atoms with E-state index in [0.29, 0.717) is 30.6 Å². The first-order chi connectivity index (χ1) is 15.8. The van der Waals surface area contributed by atoms with Gasteiger partial charge in [-0.2, -0.15) is 5.10 Å². The van der Waals surface area contributed by atoms with Gasteiger partial charge in [-0.3, -0.25) is 14.4 Å². The van der Waals surface area contributed by atoms with Crippen LogP contribution in [-0.4, -0.2) is 40.6 Å². The monoisotopic (exact) mass is 451 g/mol. The predicted octanol–water partition coefficient (Wildman–Crippen LogP) is 2.58. The lowest BCUT2D eigenvalue weighted by molar-refractivity contribution is -0.117. The Morgan fingerprint density at radius 3 is 2.15 bits per heavy atom. The Morgan fingerprint density at radius 1 is 0.879 bits per heavy atom. The van der Waals surface area contributed by atoms with Gasteiger partial charge in [0, 0.05) is 42.5 Å². The zero-order valence-corrected chi connectivity index (χ0v) is 17.4. The molecule has 1 aromatic heterocycles. The minimum atomic E-state index is -1.11. The van der Waals surface area contributed by atoms with E-state index in [0.717, 1.165) is 28.9 Å². The number of benzene rings is 2. The number of carbonyl (C=O) groups is 3. The second-order valence-electron chi connectivity index (χ2n) is 7.92. The summed E-state index contributed by atoms with van der Waals surface area (Å²) in [6, 6.07) is 10.2. The van der Waals surface area contributed by atoms with E-state index in [1.165, 1.54) is 11.0 Å². The highest BCUT2D eigenvalue weighted by Gasteiger charge is 2.35. The molecule has 2 aromatic carbocycles. The van der Waals surface area contributed by atoms with Crippen LogP contribution in [0.5, 0.6) is 0 Å². The first kappa shape index (κ1) is 20.8. The largest absolute Gasteiger partial charge is 0.364 e. The van der Waals surface area contributed by atoms with Crippen LogP contribution in [0.15, 0.2) is 42.5 Å². The van der Waals surface area contributed by atoms with E-state index in [4.69, 9.17) is 5.73 Å². The number of hydrogen-bond donors (Lipinski definition) is 1. The maximum Gasteiger partial charge on any atom is 0.277 e. The molecule has 0 unspecified atom stereocenters. The number of anilines is 2. The van der Waals surface area contributed by atoms with Crippen LogP contribution in [0, 0.1) is 11.6 Å². The van der Waals surface area contributed by atoms with Gasteiger partial charge in [0.1, 0.15) is 5.69 Å². The third kappa shape index (κ3) is 3.43. The van der Waals surface area contributed by atoms with E-state index < -0.39 is 23.4 Å². The van der Waals surface area contributed by atoms with Crippen molar-refractivity contribution in [1.82, 2.24) is 9.78 Å². The Bertz CT molecular complexity index is 1300. The van der Waals surface area contributed by atoms with Crippen molar-refractivity contribution in [1.29, 1.82) is 0 Å². The highest BCUT2D eigenvalue weighted by atomic mass is 19.2. The van der Waals surface area contributed by atoms with Gasteiger partial charge in [0.25, 0.3) is 11.8 Å². The Labute approximate surface area is 187 Å². The van der Waals surface area contributed by atoms with E-state index in [-0.39, 0.29) is 29.5 Å². The molecular formula is C23H19F2N5O3. The first-order valence-corrected chi connectivity index (χ1v) is 10.4. The molecule has 0 spiro atoms. The smallest absolute Gasteiger partial charge is 0.277 e. The van der Waals surface area contributed by atoms with Crippen molar-refractivity contribution in [3.05, 3.63) is 71.1 Å². The van der Waals surface area contributed by atoms with Gasteiger partial charge in [-0.05, 0) is 49.2 Å². The molecule has 5 rings (SSSR count). The van der Waals surface area contributed by atoms with Gasteiger partial charge in [-0.1, -0.05) is 0 Å². The molecule has 2 aliphatic rings. The van der Waals surface area contributed by atoms with Crippen LogP contribution in [0.2, 0.25) is 0 Å². The molecule has 2 N–H and O–H groups in total. The fraction of sp³-hybridized carbons (Fsp3) is 0.217. The highest BCUT2D eigenvalue weighted by molar-refractivity contribution is 6.09. The van der Waals surface area contributed by atoms with E-state index in [2.05, 4.69) is 5.10 Å². The maximum atomic E-state index is 13.9. The predicted molar refractivity (Wildman–Crippen MR) is 115 cm³/mol. The van der Waals surface area contributed by atoms with Gasteiger partial charge in [0.15, 0.2) is 17.3 Å². The first-order valence-electron chi connectivity index (χ1n) is 10.4. The molecule has 0 atom stereocenters. The van der Waals surface area contributed by atoms with Gasteiger partial charge in [0.05, 0.1) is 5.69 Å². The number of fused-ring (bicyclic) bond motifs is 1. The Kier molecular flexibility index (Phi) is 4.92. The normalized spacial score (nSPS) is 15.8. The van der Waals surface area contributed by atoms with Crippen LogP contribution in [0.3, 0.4) is 0 Å². The van der Waals surface area contributed by atoms with Crippen molar-refractivity contribution in [2.24, 2.45) is 5.73 Å². The molecule has 2 aliphatic heterocycles. The van der Waals surface area contributed by atoms with Gasteiger partial charge >= 0.3 is 0 Å². The Balaban J connectivity index is 1.53. The minimum Gasteiger partial charge on any atom is -0.364 e. The zero-order valence-electron chi connectivity index (χ0n) is 17.4. The molecule has 3 amide bonds. The third-order valence-corrected chi connectivity index (χ3v) is 5.94. The molecule has 168 valence electrons. The van der Waals surface area contributed by atoms with E-state index in [9.17, 15) is 23.2 Å². The molecule has 0 bridgehead atoms. The fourth-order valence-electron chi connectivity index (χ4n) is 4.34. The van der Waals surface area contributed by atoms with Crippen LogP contribution in [0.4, 0.5) is 20.2 Å². The Morgan fingerprint density at radius 2 is 1.55 bits per heavy atom. The number of carbonyl (C=O) groups excluding carboxylic acids is 3. The second-order valence-corrected chi connectivity index (χ2v) is 7.92. The van der Waals surface area contributed by atoms with Crippen LogP contribution in [0.25, 0.3) is 5.69 Å². The van der Waals surface area contributed by atoms with Gasteiger partial charge in [-0.15, -0.1) is 0 Å². The van der Waals surface area contributed by atoms with Crippen molar-refractivity contribution in [3.63, 3.8) is 0 Å². The van der Waals surface area contributed by atoms with E-state index in [1.807, 2.05) is 0 Å². The summed E-state index contributed by atoms with van der Waals surface area (Å²) in [7, 11) is 0. The summed E-state index contributed by atoms with van der Waals surface area (Å²) in [4.78, 5) is 40.6. The molecule has 8 nitrogen and oxygen atoms in total. The number of nitrogens with zero attached hydrogens (tertiary/aromatic N) is 4. The van der Waals surface area contributed by atoms with Crippen molar-refractivity contribution in [2.75, 3.05) is 22.9 Å². The fourth-order valence-corrected chi connectivity index (χ4v) is 4.34. The van der Waals surface area contributed by atoms with Crippen LogP contribution in [-0.2, 0) is 11.2 Å². The summed E-state index contributed by atoms with van der Waals surface area (Å²) >= 11 is 0. The minimum absolute atomic E-state index is 0.0656. The summed E-state index contributed by atoms with van der Waals surface area (Å²) in [5.41, 5.74) is 7.26. The molecule has 10 heteroatoms. The lowest BCUT2D eigenvalue weighted by Crippen LogP contribution is -2.39. The summed E-state index contributed by atoms with van der Waals surface area (Å²) in [5.74, 6) is -3.35.